The lowest BCUT2D eigenvalue weighted by Crippen LogP contribution is -2.39. The number of hydrogen-bond acceptors (Lipinski definition) is 2. The van der Waals surface area contributed by atoms with Crippen LogP contribution in [-0.4, -0.2) is 24.9 Å². The first-order valence-corrected chi connectivity index (χ1v) is 11.4. The summed E-state index contributed by atoms with van der Waals surface area (Å²) in [5.74, 6) is 0.896. The molecule has 1 saturated carbocycles. The molecule has 162 valence electrons. The standard InChI is InChI=1S/C25H40N2O2/c1-20(19-25(2,3)4)18-23(28)26-16-11-17-27(22-14-9-6-10-15-22)24(29)21-12-7-5-8-13-21/h6,9-10,14-15,20-21H,5,7-8,11-13,16-19H2,1-4H3,(H,26,28). The van der Waals surface area contributed by atoms with Crippen molar-refractivity contribution < 1.29 is 9.59 Å². The molecule has 2 rings (SSSR count). The maximum atomic E-state index is 13.1. The highest BCUT2D eigenvalue weighted by Crippen LogP contribution is 2.28. The van der Waals surface area contributed by atoms with Gasteiger partial charge in [0.1, 0.15) is 0 Å². The van der Waals surface area contributed by atoms with E-state index in [1.165, 1.54) is 6.42 Å². The number of nitrogens with zero attached hydrogens (tertiary/aromatic N) is 1. The number of para-hydroxylation sites is 1. The molecule has 1 N–H and O–H groups in total. The molecule has 0 radical (unpaired) electrons. The van der Waals surface area contributed by atoms with Gasteiger partial charge in [0.2, 0.25) is 11.8 Å². The van der Waals surface area contributed by atoms with E-state index in [4.69, 9.17) is 0 Å². The second-order valence-electron chi connectivity index (χ2n) is 9.94. The van der Waals surface area contributed by atoms with Gasteiger partial charge in [-0.3, -0.25) is 9.59 Å². The molecule has 1 aromatic carbocycles. The molecule has 1 fully saturated rings. The monoisotopic (exact) mass is 400 g/mol. The fraction of sp³-hybridized carbons (Fsp3) is 0.680. The maximum absolute atomic E-state index is 13.1. The van der Waals surface area contributed by atoms with Crippen molar-refractivity contribution in [2.45, 2.75) is 79.1 Å². The predicted molar refractivity (Wildman–Crippen MR) is 121 cm³/mol. The van der Waals surface area contributed by atoms with Gasteiger partial charge in [0.05, 0.1) is 0 Å². The predicted octanol–water partition coefficient (Wildman–Crippen LogP) is 5.57. The number of carbonyl (C=O) groups excluding carboxylic acids is 2. The Morgan fingerprint density at radius 1 is 1.10 bits per heavy atom. The summed E-state index contributed by atoms with van der Waals surface area (Å²) in [6.45, 7) is 10.0. The highest BCUT2D eigenvalue weighted by atomic mass is 16.2. The fourth-order valence-electron chi connectivity index (χ4n) is 4.52. The van der Waals surface area contributed by atoms with Gasteiger partial charge in [0.25, 0.3) is 0 Å². The van der Waals surface area contributed by atoms with Crippen LogP contribution in [0, 0.1) is 17.3 Å². The zero-order valence-corrected chi connectivity index (χ0v) is 18.9. The lowest BCUT2D eigenvalue weighted by Gasteiger charge is -2.29. The highest BCUT2D eigenvalue weighted by molar-refractivity contribution is 5.95. The average Bonchev–Trinajstić information content (AvgIpc) is 2.67. The maximum Gasteiger partial charge on any atom is 0.230 e. The van der Waals surface area contributed by atoms with E-state index in [0.29, 0.717) is 25.4 Å². The first-order chi connectivity index (χ1) is 13.8. The van der Waals surface area contributed by atoms with Crippen molar-refractivity contribution in [2.24, 2.45) is 17.3 Å². The Morgan fingerprint density at radius 3 is 2.38 bits per heavy atom. The van der Waals surface area contributed by atoms with Crippen molar-refractivity contribution in [1.29, 1.82) is 0 Å². The van der Waals surface area contributed by atoms with E-state index >= 15 is 0 Å². The van der Waals surface area contributed by atoms with Crippen LogP contribution in [0.2, 0.25) is 0 Å². The first kappa shape index (κ1) is 23.4. The van der Waals surface area contributed by atoms with Crippen molar-refractivity contribution in [2.75, 3.05) is 18.0 Å². The van der Waals surface area contributed by atoms with Crippen LogP contribution < -0.4 is 10.2 Å². The van der Waals surface area contributed by atoms with Crippen molar-refractivity contribution >= 4 is 17.5 Å². The van der Waals surface area contributed by atoms with Crippen LogP contribution >= 0.6 is 0 Å². The molecular weight excluding hydrogens is 360 g/mol. The minimum atomic E-state index is 0.117. The summed E-state index contributed by atoms with van der Waals surface area (Å²) in [5.41, 5.74) is 1.21. The molecule has 2 amide bonds. The Morgan fingerprint density at radius 2 is 1.76 bits per heavy atom. The van der Waals surface area contributed by atoms with Gasteiger partial charge < -0.3 is 10.2 Å². The summed E-state index contributed by atoms with van der Waals surface area (Å²) in [7, 11) is 0. The van der Waals surface area contributed by atoms with Crippen LogP contribution in [0.25, 0.3) is 0 Å². The van der Waals surface area contributed by atoms with Gasteiger partial charge >= 0.3 is 0 Å². The van der Waals surface area contributed by atoms with Gasteiger partial charge in [-0.25, -0.2) is 0 Å². The number of carbonyl (C=O) groups is 2. The number of benzene rings is 1. The highest BCUT2D eigenvalue weighted by Gasteiger charge is 2.26. The lowest BCUT2D eigenvalue weighted by atomic mass is 9.84. The smallest absolute Gasteiger partial charge is 0.230 e. The Kier molecular flexibility index (Phi) is 9.19. The molecule has 0 bridgehead atoms. The normalized spacial score (nSPS) is 16.3. The SMILES string of the molecule is CC(CC(=O)NCCCN(C(=O)C1CCCCC1)c1ccccc1)CC(C)(C)C. The summed E-state index contributed by atoms with van der Waals surface area (Å²) in [6, 6.07) is 9.95. The molecule has 1 aliphatic rings. The molecular formula is C25H40N2O2. The van der Waals surface area contributed by atoms with Crippen molar-refractivity contribution in [3.05, 3.63) is 30.3 Å². The van der Waals surface area contributed by atoms with Gasteiger partial charge in [-0.1, -0.05) is 65.2 Å². The van der Waals surface area contributed by atoms with Crippen LogP contribution in [0.1, 0.15) is 79.1 Å². The molecule has 1 aromatic rings. The Bertz CT molecular complexity index is 630. The minimum Gasteiger partial charge on any atom is -0.356 e. The number of amides is 2. The summed E-state index contributed by atoms with van der Waals surface area (Å²) < 4.78 is 0. The van der Waals surface area contributed by atoms with Crippen LogP contribution in [0.15, 0.2) is 30.3 Å². The van der Waals surface area contributed by atoms with Gasteiger partial charge in [0.15, 0.2) is 0 Å². The Balaban J connectivity index is 1.83. The van der Waals surface area contributed by atoms with Gasteiger partial charge in [-0.2, -0.15) is 0 Å². The topological polar surface area (TPSA) is 49.4 Å². The van der Waals surface area contributed by atoms with Crippen molar-refractivity contribution in [3.63, 3.8) is 0 Å². The van der Waals surface area contributed by atoms with Crippen LogP contribution in [0.5, 0.6) is 0 Å². The summed E-state index contributed by atoms with van der Waals surface area (Å²) >= 11 is 0. The number of anilines is 1. The molecule has 0 saturated heterocycles. The zero-order valence-electron chi connectivity index (χ0n) is 18.9. The van der Waals surface area contributed by atoms with Crippen LogP contribution in [-0.2, 0) is 9.59 Å². The molecule has 0 aliphatic heterocycles. The third-order valence-electron chi connectivity index (χ3n) is 5.66. The second-order valence-corrected chi connectivity index (χ2v) is 9.94. The van der Waals surface area contributed by atoms with E-state index in [-0.39, 0.29) is 23.1 Å². The summed E-state index contributed by atoms with van der Waals surface area (Å²) in [4.78, 5) is 27.3. The number of rotatable bonds is 9. The summed E-state index contributed by atoms with van der Waals surface area (Å²) in [5, 5.41) is 3.05. The molecule has 1 atom stereocenters. The fourth-order valence-corrected chi connectivity index (χ4v) is 4.52. The van der Waals surface area contributed by atoms with E-state index < -0.39 is 0 Å². The van der Waals surface area contributed by atoms with Crippen molar-refractivity contribution in [3.8, 4) is 0 Å². The summed E-state index contributed by atoms with van der Waals surface area (Å²) in [6.07, 6.45) is 7.94. The second kappa shape index (κ2) is 11.4. The molecule has 0 heterocycles. The molecule has 1 aliphatic carbocycles. The van der Waals surface area contributed by atoms with Gasteiger partial charge in [0, 0.05) is 31.1 Å². The molecule has 29 heavy (non-hydrogen) atoms. The minimum absolute atomic E-state index is 0.117. The number of hydrogen-bond donors (Lipinski definition) is 1. The quantitative estimate of drug-likeness (QED) is 0.551. The molecule has 0 aromatic heterocycles. The van der Waals surface area contributed by atoms with E-state index in [0.717, 1.165) is 44.2 Å². The lowest BCUT2D eigenvalue weighted by molar-refractivity contribution is -0.123. The zero-order chi connectivity index (χ0) is 21.3. The van der Waals surface area contributed by atoms with E-state index in [1.807, 2.05) is 35.2 Å². The van der Waals surface area contributed by atoms with E-state index in [2.05, 4.69) is 33.0 Å². The third kappa shape index (κ3) is 8.59. The van der Waals surface area contributed by atoms with Crippen LogP contribution in [0.4, 0.5) is 5.69 Å². The van der Waals surface area contributed by atoms with Crippen LogP contribution in [0.3, 0.4) is 0 Å². The third-order valence-corrected chi connectivity index (χ3v) is 5.66. The van der Waals surface area contributed by atoms with Crippen molar-refractivity contribution in [1.82, 2.24) is 5.32 Å². The van der Waals surface area contributed by atoms with E-state index in [1.54, 1.807) is 0 Å². The molecule has 4 heteroatoms. The first-order valence-electron chi connectivity index (χ1n) is 11.4. The van der Waals surface area contributed by atoms with E-state index in [9.17, 15) is 9.59 Å². The van der Waals surface area contributed by atoms with Gasteiger partial charge in [-0.05, 0) is 49.1 Å². The Labute approximate surface area is 177 Å². The van der Waals surface area contributed by atoms with Gasteiger partial charge in [-0.15, -0.1) is 0 Å². The number of nitrogens with one attached hydrogen (secondary N) is 1. The molecule has 1 unspecified atom stereocenters. The largest absolute Gasteiger partial charge is 0.356 e. The molecule has 0 spiro atoms. The average molecular weight is 401 g/mol. The Hall–Kier alpha value is -1.84. The molecule has 4 nitrogen and oxygen atoms in total.